The summed E-state index contributed by atoms with van der Waals surface area (Å²) >= 11 is 3.51. The minimum absolute atomic E-state index is 0.296. The number of rotatable bonds is 3. The van der Waals surface area contributed by atoms with Gasteiger partial charge in [-0.1, -0.05) is 0 Å². The van der Waals surface area contributed by atoms with Crippen molar-refractivity contribution in [3.8, 4) is 0 Å². The van der Waals surface area contributed by atoms with Gasteiger partial charge in [-0.15, -0.1) is 12.6 Å². The summed E-state index contributed by atoms with van der Waals surface area (Å²) in [5.74, 6) is 0. The molecule has 1 atom stereocenters. The molecule has 0 saturated carbocycles. The van der Waals surface area contributed by atoms with E-state index in [0.29, 0.717) is 13.0 Å². The molecule has 0 amide bonds. The largest absolute Gasteiger partial charge is 0.330 e. The average Bonchev–Trinajstić information content (AvgIpc) is 1.67. The van der Waals surface area contributed by atoms with Crippen LogP contribution in [0.25, 0.3) is 0 Å². The van der Waals surface area contributed by atoms with E-state index in [1.165, 1.54) is 0 Å². The second kappa shape index (κ2) is 3.88. The Labute approximate surface area is 53.8 Å². The van der Waals surface area contributed by atoms with Crippen molar-refractivity contribution in [3.05, 3.63) is 0 Å². The van der Waals surface area contributed by atoms with E-state index in [1.54, 1.807) is 0 Å². The highest BCUT2D eigenvalue weighted by atomic mass is 32.1. The monoisotopic (exact) mass is 134 g/mol. The summed E-state index contributed by atoms with van der Waals surface area (Å²) in [4.78, 5) is 10.2. The van der Waals surface area contributed by atoms with E-state index >= 15 is 0 Å². The molecule has 0 aliphatic heterocycles. The van der Waals surface area contributed by atoms with Gasteiger partial charge in [-0.3, -0.25) is 4.79 Å². The fraction of sp³-hybridized carbons (Fsp3) is 0.750. The van der Waals surface area contributed by atoms with Crippen molar-refractivity contribution in [1.29, 1.82) is 0 Å². The molecule has 0 aromatic carbocycles. The number of nitrogens with two attached hydrogens (primary N) is 2. The third-order valence-electron chi connectivity index (χ3n) is 0.795. The Balaban J connectivity index is 3.32. The van der Waals surface area contributed by atoms with Crippen molar-refractivity contribution in [1.82, 2.24) is 0 Å². The number of carbonyl (C=O) groups excluding carboxylic acids is 1. The van der Waals surface area contributed by atoms with Crippen LogP contribution in [0.1, 0.15) is 6.42 Å². The molecule has 4 N–H and O–H groups in total. The molecule has 0 aromatic rings. The molecular weight excluding hydrogens is 124 g/mol. The molecule has 0 rings (SSSR count). The molecule has 4 heteroatoms. The van der Waals surface area contributed by atoms with Crippen molar-refractivity contribution < 1.29 is 4.79 Å². The van der Waals surface area contributed by atoms with Crippen molar-refractivity contribution in [2.45, 2.75) is 12.5 Å². The van der Waals surface area contributed by atoms with Crippen molar-refractivity contribution in [2.24, 2.45) is 11.5 Å². The molecule has 8 heavy (non-hydrogen) atoms. The minimum Gasteiger partial charge on any atom is -0.330 e. The van der Waals surface area contributed by atoms with Gasteiger partial charge in [0.15, 0.2) is 0 Å². The Hall–Kier alpha value is -0.0600. The zero-order valence-corrected chi connectivity index (χ0v) is 5.40. The Kier molecular flexibility index (Phi) is 3.85. The standard InChI is InChI=1S/C4H10N2OS/c5-2-1-3(6)4(7)8/h3H,1-2,5-6H2,(H,7,8)/t3-/m0/s1. The molecule has 3 nitrogen and oxygen atoms in total. The molecule has 0 saturated heterocycles. The quantitative estimate of drug-likeness (QED) is 0.439. The first-order valence-electron chi connectivity index (χ1n) is 2.37. The maximum Gasteiger partial charge on any atom is 0.202 e. The highest BCUT2D eigenvalue weighted by Gasteiger charge is 2.05. The first-order chi connectivity index (χ1) is 3.68. The topological polar surface area (TPSA) is 69.1 Å². The SMILES string of the molecule is NCC[C@H](N)C(=O)S. The molecule has 0 spiro atoms. The fourth-order valence-electron chi connectivity index (χ4n) is 0.303. The van der Waals surface area contributed by atoms with Crippen LogP contribution in [0.2, 0.25) is 0 Å². The predicted molar refractivity (Wildman–Crippen MR) is 35.6 cm³/mol. The molecule has 0 bridgehead atoms. The third-order valence-corrected chi connectivity index (χ3v) is 1.13. The normalized spacial score (nSPS) is 13.4. The van der Waals surface area contributed by atoms with E-state index in [2.05, 4.69) is 12.6 Å². The number of hydrogen-bond acceptors (Lipinski definition) is 3. The molecule has 0 aliphatic rings. The molecule has 0 fully saturated rings. The predicted octanol–water partition coefficient (Wildman–Crippen LogP) is -0.881. The number of hydrogen-bond donors (Lipinski definition) is 3. The van der Waals surface area contributed by atoms with Crippen LogP contribution in [-0.4, -0.2) is 17.7 Å². The van der Waals surface area contributed by atoms with Crippen molar-refractivity contribution in [3.63, 3.8) is 0 Å². The van der Waals surface area contributed by atoms with Gasteiger partial charge in [0.1, 0.15) is 0 Å². The van der Waals surface area contributed by atoms with Crippen LogP contribution in [0.4, 0.5) is 0 Å². The van der Waals surface area contributed by atoms with Crippen LogP contribution in [0.15, 0.2) is 0 Å². The number of carbonyl (C=O) groups is 1. The molecule has 0 heterocycles. The van der Waals surface area contributed by atoms with E-state index in [0.717, 1.165) is 0 Å². The summed E-state index contributed by atoms with van der Waals surface area (Å²) in [6, 6.07) is -0.483. The lowest BCUT2D eigenvalue weighted by atomic mass is 10.2. The Morgan fingerprint density at radius 1 is 1.75 bits per heavy atom. The zero-order chi connectivity index (χ0) is 6.57. The maximum atomic E-state index is 10.2. The van der Waals surface area contributed by atoms with Gasteiger partial charge in [0.25, 0.3) is 0 Å². The van der Waals surface area contributed by atoms with Gasteiger partial charge in [0, 0.05) is 0 Å². The smallest absolute Gasteiger partial charge is 0.202 e. The van der Waals surface area contributed by atoms with Gasteiger partial charge in [-0.05, 0) is 13.0 Å². The summed E-state index contributed by atoms with van der Waals surface area (Å²) in [6.45, 7) is 0.438. The first-order valence-corrected chi connectivity index (χ1v) is 2.81. The summed E-state index contributed by atoms with van der Waals surface area (Å²) in [5, 5.41) is -0.296. The highest BCUT2D eigenvalue weighted by Crippen LogP contribution is 1.89. The highest BCUT2D eigenvalue weighted by molar-refractivity contribution is 7.96. The van der Waals surface area contributed by atoms with Gasteiger partial charge in [0.2, 0.25) is 5.12 Å². The maximum absolute atomic E-state index is 10.2. The van der Waals surface area contributed by atoms with Crippen LogP contribution >= 0.6 is 12.6 Å². The second-order valence-corrected chi connectivity index (χ2v) is 1.96. The van der Waals surface area contributed by atoms with Crippen LogP contribution in [0, 0.1) is 0 Å². The fourth-order valence-corrected chi connectivity index (χ4v) is 0.432. The van der Waals surface area contributed by atoms with Gasteiger partial charge < -0.3 is 11.5 Å². The lowest BCUT2D eigenvalue weighted by Gasteiger charge is -2.01. The molecule has 0 aliphatic carbocycles. The molecular formula is C4H10N2OS. The van der Waals surface area contributed by atoms with E-state index in [1.807, 2.05) is 0 Å². The molecule has 0 unspecified atom stereocenters. The summed E-state index contributed by atoms with van der Waals surface area (Å²) in [7, 11) is 0. The second-order valence-electron chi connectivity index (χ2n) is 1.52. The summed E-state index contributed by atoms with van der Waals surface area (Å²) in [6.07, 6.45) is 0.516. The van der Waals surface area contributed by atoms with Crippen LogP contribution in [-0.2, 0) is 4.79 Å². The lowest BCUT2D eigenvalue weighted by Crippen LogP contribution is -2.29. The van der Waals surface area contributed by atoms with Crippen LogP contribution < -0.4 is 11.5 Å². The minimum atomic E-state index is -0.483. The van der Waals surface area contributed by atoms with Gasteiger partial charge in [0.05, 0.1) is 6.04 Å². The number of thiol groups is 1. The lowest BCUT2D eigenvalue weighted by molar-refractivity contribution is -0.111. The summed E-state index contributed by atoms with van der Waals surface area (Å²) < 4.78 is 0. The molecule has 0 radical (unpaired) electrons. The average molecular weight is 134 g/mol. The van der Waals surface area contributed by atoms with E-state index in [-0.39, 0.29) is 5.12 Å². The Morgan fingerprint density at radius 2 is 2.25 bits per heavy atom. The van der Waals surface area contributed by atoms with E-state index < -0.39 is 6.04 Å². The van der Waals surface area contributed by atoms with E-state index in [9.17, 15) is 4.79 Å². The van der Waals surface area contributed by atoms with Gasteiger partial charge in [-0.2, -0.15) is 0 Å². The third kappa shape index (κ3) is 3.01. The Bertz CT molecular complexity index is 86.1. The van der Waals surface area contributed by atoms with Gasteiger partial charge in [-0.25, -0.2) is 0 Å². The van der Waals surface area contributed by atoms with Crippen LogP contribution in [0.3, 0.4) is 0 Å². The Morgan fingerprint density at radius 3 is 2.38 bits per heavy atom. The van der Waals surface area contributed by atoms with Crippen molar-refractivity contribution in [2.75, 3.05) is 6.54 Å². The van der Waals surface area contributed by atoms with Crippen LogP contribution in [0.5, 0.6) is 0 Å². The first kappa shape index (κ1) is 7.94. The molecule has 0 aromatic heterocycles. The van der Waals surface area contributed by atoms with E-state index in [4.69, 9.17) is 11.5 Å². The molecule has 48 valence electrons. The van der Waals surface area contributed by atoms with Gasteiger partial charge >= 0.3 is 0 Å². The van der Waals surface area contributed by atoms with Crippen molar-refractivity contribution >= 4 is 17.7 Å². The summed E-state index contributed by atoms with van der Waals surface area (Å²) in [5.41, 5.74) is 10.3. The zero-order valence-electron chi connectivity index (χ0n) is 4.50.